The number of hydrogen-bond donors (Lipinski definition) is 2. The molecule has 3 fully saturated rings. The first-order chi connectivity index (χ1) is 22.1. The monoisotopic (exact) mass is 674 g/mol. The second kappa shape index (κ2) is 11.4. The first kappa shape index (κ1) is 33.1. The predicted octanol–water partition coefficient (Wildman–Crippen LogP) is 6.77. The number of aromatic hydroxyl groups is 1. The molecule has 0 heterocycles. The molecule has 0 aliphatic heterocycles. The maximum absolute atomic E-state index is 17.6. The van der Waals surface area contributed by atoms with Crippen molar-refractivity contribution in [1.82, 2.24) is 0 Å². The van der Waals surface area contributed by atoms with Gasteiger partial charge < -0.3 is 24.4 Å². The molecule has 0 radical (unpaired) electrons. The van der Waals surface area contributed by atoms with Gasteiger partial charge in [0, 0.05) is 28.7 Å². The van der Waals surface area contributed by atoms with E-state index in [4.69, 9.17) is 25.8 Å². The number of carbonyl (C=O) groups excluding carboxylic acids is 3. The fourth-order valence-corrected chi connectivity index (χ4v) is 9.10. The van der Waals surface area contributed by atoms with Crippen LogP contribution in [-0.2, 0) is 19.1 Å². The van der Waals surface area contributed by atoms with Crippen LogP contribution in [0.5, 0.6) is 17.2 Å². The molecule has 2 aromatic rings. The number of aliphatic hydroxyl groups excluding tert-OH is 1. The molecule has 0 saturated heterocycles. The maximum Gasteiger partial charge on any atom is 0.353 e. The third-order valence-electron chi connectivity index (χ3n) is 11.2. The third kappa shape index (κ3) is 4.71. The van der Waals surface area contributed by atoms with E-state index in [1.165, 1.54) is 61.5 Å². The standard InChI is InChI=1S/C35H34ClF3O8/c1-18-12-23-24-15-27(38)25-13-20(40)10-11-32(25,2)34(24,39)29(42)16-33(23,3)35(18,31(44)45-17-37)47-30(43)19-4-6-21(7-5-19)46-22-8-9-28(41)26(36)14-22/h4-11,13-14,18,23-24,27,29,41-42H,12,15-17H2,1-3H3/t18-,23+,24+,27+,29+,32+,33+,34?,35-/m1/s1. The molecule has 3 saturated carbocycles. The highest BCUT2D eigenvalue weighted by Crippen LogP contribution is 2.71. The zero-order valence-corrected chi connectivity index (χ0v) is 26.6. The molecule has 0 bridgehead atoms. The van der Waals surface area contributed by atoms with E-state index in [2.05, 4.69) is 0 Å². The van der Waals surface area contributed by atoms with Gasteiger partial charge in [-0.2, -0.15) is 0 Å². The highest BCUT2D eigenvalue weighted by atomic mass is 35.5. The molecule has 6 rings (SSSR count). The van der Waals surface area contributed by atoms with E-state index in [-0.39, 0.29) is 34.8 Å². The number of benzene rings is 2. The lowest BCUT2D eigenvalue weighted by atomic mass is 9.44. The molecule has 8 nitrogen and oxygen atoms in total. The molecule has 2 N–H and O–H groups in total. The number of esters is 2. The topological polar surface area (TPSA) is 119 Å². The van der Waals surface area contributed by atoms with Gasteiger partial charge in [-0.15, -0.1) is 0 Å². The molecule has 4 aliphatic rings. The Bertz CT molecular complexity index is 1700. The Morgan fingerprint density at radius 2 is 1.74 bits per heavy atom. The summed E-state index contributed by atoms with van der Waals surface area (Å²) in [5.41, 5.74) is -7.78. The van der Waals surface area contributed by atoms with Crippen molar-refractivity contribution in [2.75, 3.05) is 6.86 Å². The largest absolute Gasteiger partial charge is 0.506 e. The Morgan fingerprint density at radius 1 is 1.06 bits per heavy atom. The second-order valence-corrected chi connectivity index (χ2v) is 13.8. The van der Waals surface area contributed by atoms with Crippen molar-refractivity contribution in [1.29, 1.82) is 0 Å². The van der Waals surface area contributed by atoms with Crippen molar-refractivity contribution in [3.8, 4) is 17.2 Å². The van der Waals surface area contributed by atoms with Crippen LogP contribution in [0.3, 0.4) is 0 Å². The molecular formula is C35H34ClF3O8. The highest BCUT2D eigenvalue weighted by molar-refractivity contribution is 6.32. The van der Waals surface area contributed by atoms with Crippen molar-refractivity contribution in [2.24, 2.45) is 28.6 Å². The average molecular weight is 675 g/mol. The number of allylic oxidation sites excluding steroid dienone is 4. The Hall–Kier alpha value is -3.83. The molecule has 9 atom stereocenters. The molecule has 4 aliphatic carbocycles. The summed E-state index contributed by atoms with van der Waals surface area (Å²) in [4.78, 5) is 39.6. The van der Waals surface area contributed by atoms with Gasteiger partial charge in [0.15, 0.2) is 11.5 Å². The zero-order chi connectivity index (χ0) is 34.1. The normalized spacial score (nSPS) is 37.2. The molecule has 1 unspecified atom stereocenters. The first-order valence-electron chi connectivity index (χ1n) is 15.3. The van der Waals surface area contributed by atoms with Crippen LogP contribution >= 0.6 is 11.6 Å². The quantitative estimate of drug-likeness (QED) is 0.323. The summed E-state index contributed by atoms with van der Waals surface area (Å²) in [7, 11) is 0. The molecule has 250 valence electrons. The van der Waals surface area contributed by atoms with Crippen molar-refractivity contribution in [3.63, 3.8) is 0 Å². The van der Waals surface area contributed by atoms with Gasteiger partial charge in [-0.25, -0.2) is 22.8 Å². The first-order valence-corrected chi connectivity index (χ1v) is 15.7. The molecule has 0 spiro atoms. The minimum atomic E-state index is -2.43. The molecule has 2 aromatic carbocycles. The number of aliphatic hydroxyl groups is 1. The minimum absolute atomic E-state index is 0.00440. The van der Waals surface area contributed by atoms with Gasteiger partial charge in [0.2, 0.25) is 12.5 Å². The van der Waals surface area contributed by atoms with Crippen molar-refractivity contribution >= 4 is 29.3 Å². The minimum Gasteiger partial charge on any atom is -0.506 e. The van der Waals surface area contributed by atoms with E-state index in [1.807, 2.05) is 0 Å². The van der Waals surface area contributed by atoms with Gasteiger partial charge in [-0.3, -0.25) is 4.79 Å². The summed E-state index contributed by atoms with van der Waals surface area (Å²) in [5, 5.41) is 21.4. The number of rotatable bonds is 6. The Labute approximate surface area is 274 Å². The van der Waals surface area contributed by atoms with Gasteiger partial charge in [-0.1, -0.05) is 31.5 Å². The van der Waals surface area contributed by atoms with E-state index in [0.717, 1.165) is 6.08 Å². The number of hydrogen-bond acceptors (Lipinski definition) is 8. The number of halogens is 4. The van der Waals surface area contributed by atoms with Crippen LogP contribution in [0.2, 0.25) is 5.02 Å². The van der Waals surface area contributed by atoms with Crippen LogP contribution in [-0.4, -0.2) is 58.3 Å². The van der Waals surface area contributed by atoms with Crippen LogP contribution in [0.25, 0.3) is 0 Å². The summed E-state index contributed by atoms with van der Waals surface area (Å²) in [6.45, 7) is 3.11. The van der Waals surface area contributed by atoms with Gasteiger partial charge in [0.05, 0.1) is 16.7 Å². The van der Waals surface area contributed by atoms with Crippen LogP contribution < -0.4 is 4.74 Å². The summed E-state index contributed by atoms with van der Waals surface area (Å²) < 4.78 is 63.6. The number of fused-ring (bicyclic) bond motifs is 5. The van der Waals surface area contributed by atoms with Crippen molar-refractivity contribution < 1.29 is 52.0 Å². The van der Waals surface area contributed by atoms with E-state index < -0.39 is 83.1 Å². The lowest BCUT2D eigenvalue weighted by Gasteiger charge is -2.63. The average Bonchev–Trinajstić information content (AvgIpc) is 3.24. The molecular weight excluding hydrogens is 641 g/mol. The van der Waals surface area contributed by atoms with Crippen molar-refractivity contribution in [3.05, 3.63) is 76.9 Å². The van der Waals surface area contributed by atoms with Gasteiger partial charge in [0.1, 0.15) is 23.4 Å². The van der Waals surface area contributed by atoms with Crippen LogP contribution in [0.4, 0.5) is 13.2 Å². The Kier molecular flexibility index (Phi) is 8.03. The predicted molar refractivity (Wildman–Crippen MR) is 163 cm³/mol. The Balaban J connectivity index is 1.34. The molecule has 0 amide bonds. The summed E-state index contributed by atoms with van der Waals surface area (Å²) >= 11 is 5.94. The lowest BCUT2D eigenvalue weighted by Crippen LogP contribution is -2.71. The zero-order valence-electron chi connectivity index (χ0n) is 25.8. The number of alkyl halides is 3. The Morgan fingerprint density at radius 3 is 2.40 bits per heavy atom. The number of phenols is 1. The van der Waals surface area contributed by atoms with Crippen LogP contribution in [0, 0.1) is 28.6 Å². The number of ketones is 1. The van der Waals surface area contributed by atoms with Gasteiger partial charge >= 0.3 is 11.9 Å². The molecule has 12 heteroatoms. The summed E-state index contributed by atoms with van der Waals surface area (Å²) in [5.74, 6) is -4.92. The number of ether oxygens (including phenoxy) is 3. The number of phenolic OH excluding ortho intramolecular Hbond substituents is 1. The fourth-order valence-electron chi connectivity index (χ4n) is 8.93. The maximum atomic E-state index is 17.6. The van der Waals surface area contributed by atoms with Crippen LogP contribution in [0.15, 0.2) is 66.3 Å². The SMILES string of the molecule is C[C@@H]1C[C@H]2[C@@H]3C[C@H](F)C4=CC(=O)C=C[C@]4(C)C3(F)[C@@H](O)C[C@]2(C)[C@]1(OC(=O)c1ccc(Oc2ccc(O)c(Cl)c2)cc1)C(=O)OCF. The fraction of sp³-hybridized carbons (Fsp3) is 0.457. The molecule has 47 heavy (non-hydrogen) atoms. The van der Waals surface area contributed by atoms with Crippen LogP contribution in [0.1, 0.15) is 50.4 Å². The molecule has 0 aromatic heterocycles. The lowest BCUT2D eigenvalue weighted by molar-refractivity contribution is -0.232. The summed E-state index contributed by atoms with van der Waals surface area (Å²) in [6, 6.07) is 9.95. The van der Waals surface area contributed by atoms with E-state index >= 15 is 8.78 Å². The van der Waals surface area contributed by atoms with Gasteiger partial charge in [-0.05, 0) is 86.2 Å². The smallest absolute Gasteiger partial charge is 0.353 e. The number of carbonyl (C=O) groups is 3. The second-order valence-electron chi connectivity index (χ2n) is 13.4. The highest BCUT2D eigenvalue weighted by Gasteiger charge is 2.78. The van der Waals surface area contributed by atoms with E-state index in [0.29, 0.717) is 11.5 Å². The van der Waals surface area contributed by atoms with E-state index in [9.17, 15) is 29.0 Å². The van der Waals surface area contributed by atoms with Crippen molar-refractivity contribution in [2.45, 2.75) is 63.6 Å². The van der Waals surface area contributed by atoms with Gasteiger partial charge in [0.25, 0.3) is 0 Å². The third-order valence-corrected chi connectivity index (χ3v) is 11.5. The van der Waals surface area contributed by atoms with E-state index in [1.54, 1.807) is 13.8 Å². The summed E-state index contributed by atoms with van der Waals surface area (Å²) in [6.07, 6.45) is -0.617.